The summed E-state index contributed by atoms with van der Waals surface area (Å²) in [6.07, 6.45) is 0.737. The Morgan fingerprint density at radius 2 is 1.62 bits per heavy atom. The fraction of sp³-hybridized carbons (Fsp3) is 0.364. The molecule has 2 aromatic rings. The lowest BCUT2D eigenvalue weighted by Crippen LogP contribution is -2.33. The predicted molar refractivity (Wildman–Crippen MR) is 111 cm³/mol. The highest BCUT2D eigenvalue weighted by atomic mass is 32.2. The molecule has 1 atom stereocenters. The maximum Gasteiger partial charge on any atom is 0.339 e. The summed E-state index contributed by atoms with van der Waals surface area (Å²) in [5.74, 6) is -1.06. The van der Waals surface area contributed by atoms with Gasteiger partial charge >= 0.3 is 5.97 Å². The Morgan fingerprint density at radius 3 is 2.24 bits per heavy atom. The first-order valence-electron chi connectivity index (χ1n) is 9.57. The second-order valence-corrected chi connectivity index (χ2v) is 9.38. The molecule has 0 heterocycles. The van der Waals surface area contributed by atoms with Crippen molar-refractivity contribution in [3.63, 3.8) is 0 Å². The number of carbonyl (C=O) groups is 2. The summed E-state index contributed by atoms with van der Waals surface area (Å²) in [7, 11) is -3.58. The Bertz CT molecular complexity index is 939. The third-order valence-corrected chi connectivity index (χ3v) is 6.19. The zero-order valence-electron chi connectivity index (χ0n) is 16.9. The van der Waals surface area contributed by atoms with Crippen molar-refractivity contribution >= 4 is 21.7 Å². The fourth-order valence-corrected chi connectivity index (χ4v) is 4.03. The fourth-order valence-electron chi connectivity index (χ4n) is 2.94. The Hall–Kier alpha value is -2.67. The molecule has 0 unspecified atom stereocenters. The van der Waals surface area contributed by atoms with Crippen LogP contribution in [0.3, 0.4) is 0 Å². The van der Waals surface area contributed by atoms with Crippen molar-refractivity contribution in [2.45, 2.75) is 38.1 Å². The highest BCUT2D eigenvalue weighted by molar-refractivity contribution is 7.91. The predicted octanol–water partition coefficient (Wildman–Crippen LogP) is 3.54. The Morgan fingerprint density at radius 1 is 1.00 bits per heavy atom. The zero-order valence-corrected chi connectivity index (χ0v) is 17.7. The molecule has 0 aliphatic rings. The van der Waals surface area contributed by atoms with Crippen LogP contribution in [-0.4, -0.2) is 32.7 Å². The second kappa shape index (κ2) is 10.2. The average molecular weight is 418 g/mol. The molecule has 2 aromatic carbocycles. The van der Waals surface area contributed by atoms with E-state index in [2.05, 4.69) is 19.2 Å². The molecule has 0 aromatic heterocycles. The minimum atomic E-state index is -3.58. The molecule has 0 spiro atoms. The number of carbonyl (C=O) groups excluding carboxylic acids is 2. The lowest BCUT2D eigenvalue weighted by molar-refractivity contribution is -0.125. The van der Waals surface area contributed by atoms with Gasteiger partial charge in [-0.3, -0.25) is 4.79 Å². The van der Waals surface area contributed by atoms with Crippen molar-refractivity contribution in [2.75, 3.05) is 12.4 Å². The summed E-state index contributed by atoms with van der Waals surface area (Å²) in [5, 5.41) is 2.89. The van der Waals surface area contributed by atoms with Gasteiger partial charge in [0.1, 0.15) is 0 Å². The lowest BCUT2D eigenvalue weighted by atomic mass is 9.97. The van der Waals surface area contributed by atoms with Gasteiger partial charge in [0.15, 0.2) is 16.4 Å². The van der Waals surface area contributed by atoms with Crippen LogP contribution in [0.2, 0.25) is 0 Å². The van der Waals surface area contributed by atoms with E-state index in [1.807, 2.05) is 30.3 Å². The molecule has 1 N–H and O–H groups in total. The number of sulfone groups is 1. The molecule has 0 fully saturated rings. The van der Waals surface area contributed by atoms with E-state index in [1.54, 1.807) is 12.1 Å². The van der Waals surface area contributed by atoms with E-state index in [9.17, 15) is 18.0 Å². The summed E-state index contributed by atoms with van der Waals surface area (Å²) in [6.45, 7) is 5.14. The van der Waals surface area contributed by atoms with E-state index in [-0.39, 0.29) is 22.3 Å². The minimum Gasteiger partial charge on any atom is -0.452 e. The number of hydrogen-bond acceptors (Lipinski definition) is 5. The van der Waals surface area contributed by atoms with Crippen LogP contribution in [0.1, 0.15) is 49.2 Å². The molecule has 6 nitrogen and oxygen atoms in total. The molecular weight excluding hydrogens is 390 g/mol. The van der Waals surface area contributed by atoms with Crippen molar-refractivity contribution < 1.29 is 22.7 Å². The summed E-state index contributed by atoms with van der Waals surface area (Å²) < 4.78 is 29.5. The molecule has 2 rings (SSSR count). The number of esters is 1. The Kier molecular flexibility index (Phi) is 7.96. The number of nitrogens with one attached hydrogen (secondary N) is 1. The standard InChI is InChI=1S/C22H27NO5S/c1-4-29(26,27)20-13-9-8-12-18(20)22(25)28-15-21(24)23-19(14-16(2)3)17-10-6-5-7-11-17/h5-13,16,19H,4,14-15H2,1-3H3,(H,23,24)/t19-/m0/s1. The van der Waals surface area contributed by atoms with E-state index in [0.29, 0.717) is 5.92 Å². The van der Waals surface area contributed by atoms with E-state index in [1.165, 1.54) is 19.1 Å². The van der Waals surface area contributed by atoms with E-state index in [0.717, 1.165) is 12.0 Å². The molecule has 0 saturated heterocycles. The summed E-state index contributed by atoms with van der Waals surface area (Å²) >= 11 is 0. The highest BCUT2D eigenvalue weighted by Crippen LogP contribution is 2.21. The van der Waals surface area contributed by atoms with Crippen molar-refractivity contribution in [3.05, 3.63) is 65.7 Å². The van der Waals surface area contributed by atoms with E-state index >= 15 is 0 Å². The van der Waals surface area contributed by atoms with Crippen molar-refractivity contribution in [1.29, 1.82) is 0 Å². The second-order valence-electron chi connectivity index (χ2n) is 7.14. The largest absolute Gasteiger partial charge is 0.452 e. The summed E-state index contributed by atoms with van der Waals surface area (Å²) in [4.78, 5) is 24.7. The number of ether oxygens (including phenoxy) is 1. The first kappa shape index (κ1) is 22.6. The zero-order chi connectivity index (χ0) is 21.4. The molecule has 0 radical (unpaired) electrons. The minimum absolute atomic E-state index is 0.0658. The van der Waals surface area contributed by atoms with Gasteiger partial charge in [0.25, 0.3) is 5.91 Å². The molecule has 1 amide bonds. The molecule has 156 valence electrons. The van der Waals surface area contributed by atoms with Gasteiger partial charge in [-0.05, 0) is 30.0 Å². The lowest BCUT2D eigenvalue weighted by Gasteiger charge is -2.21. The normalized spacial score (nSPS) is 12.4. The van der Waals surface area contributed by atoms with Crippen LogP contribution < -0.4 is 5.32 Å². The van der Waals surface area contributed by atoms with Gasteiger partial charge in [0, 0.05) is 0 Å². The smallest absolute Gasteiger partial charge is 0.339 e. The number of rotatable bonds is 9. The third kappa shape index (κ3) is 6.42. The monoisotopic (exact) mass is 417 g/mol. The van der Waals surface area contributed by atoms with Crippen LogP contribution >= 0.6 is 0 Å². The maximum absolute atomic E-state index is 12.4. The first-order valence-corrected chi connectivity index (χ1v) is 11.2. The number of amides is 1. The van der Waals surface area contributed by atoms with E-state index in [4.69, 9.17) is 4.74 Å². The van der Waals surface area contributed by atoms with Gasteiger partial charge in [-0.1, -0.05) is 63.2 Å². The van der Waals surface area contributed by atoms with E-state index < -0.39 is 28.3 Å². The van der Waals surface area contributed by atoms with Gasteiger partial charge in [-0.2, -0.15) is 0 Å². The molecule has 7 heteroatoms. The van der Waals surface area contributed by atoms with Crippen LogP contribution in [-0.2, 0) is 19.4 Å². The topological polar surface area (TPSA) is 89.5 Å². The number of hydrogen-bond donors (Lipinski definition) is 1. The van der Waals surface area contributed by atoms with Gasteiger partial charge in [-0.15, -0.1) is 0 Å². The first-order chi connectivity index (χ1) is 13.7. The third-order valence-electron chi connectivity index (χ3n) is 4.40. The SMILES string of the molecule is CCS(=O)(=O)c1ccccc1C(=O)OCC(=O)N[C@@H](CC(C)C)c1ccccc1. The average Bonchev–Trinajstić information content (AvgIpc) is 2.72. The number of benzene rings is 2. The molecular formula is C22H27NO5S. The highest BCUT2D eigenvalue weighted by Gasteiger charge is 2.23. The Balaban J connectivity index is 2.06. The van der Waals surface area contributed by atoms with Crippen molar-refractivity contribution in [3.8, 4) is 0 Å². The summed E-state index contributed by atoms with van der Waals surface area (Å²) in [6, 6.07) is 15.2. The molecule has 29 heavy (non-hydrogen) atoms. The van der Waals surface area contributed by atoms with Gasteiger partial charge in [-0.25, -0.2) is 13.2 Å². The molecule has 0 bridgehead atoms. The van der Waals surface area contributed by atoms with Gasteiger partial charge in [0.05, 0.1) is 22.3 Å². The van der Waals surface area contributed by atoms with Crippen molar-refractivity contribution in [1.82, 2.24) is 5.32 Å². The summed E-state index contributed by atoms with van der Waals surface area (Å²) in [5.41, 5.74) is 0.907. The molecule has 0 aliphatic heterocycles. The van der Waals surface area contributed by atoms with Crippen molar-refractivity contribution in [2.24, 2.45) is 5.92 Å². The van der Waals surface area contributed by atoms with Gasteiger partial charge in [0.2, 0.25) is 0 Å². The quantitative estimate of drug-likeness (QED) is 0.631. The Labute approximate surface area is 172 Å². The van der Waals surface area contributed by atoms with Crippen LogP contribution in [0.4, 0.5) is 0 Å². The van der Waals surface area contributed by atoms with Crippen LogP contribution in [0.5, 0.6) is 0 Å². The van der Waals surface area contributed by atoms with Crippen LogP contribution in [0.25, 0.3) is 0 Å². The maximum atomic E-state index is 12.4. The van der Waals surface area contributed by atoms with Crippen LogP contribution in [0.15, 0.2) is 59.5 Å². The molecule has 0 saturated carbocycles. The van der Waals surface area contributed by atoms with Gasteiger partial charge < -0.3 is 10.1 Å². The van der Waals surface area contributed by atoms with Crippen LogP contribution in [0, 0.1) is 5.92 Å². The molecule has 0 aliphatic carbocycles.